The van der Waals surface area contributed by atoms with Gasteiger partial charge in [-0.2, -0.15) is 4.31 Å². The lowest BCUT2D eigenvalue weighted by atomic mass is 10.2. The van der Waals surface area contributed by atoms with Crippen LogP contribution in [0.25, 0.3) is 0 Å². The Hall–Kier alpha value is -1.93. The highest BCUT2D eigenvalue weighted by Crippen LogP contribution is 2.27. The molecule has 0 saturated carbocycles. The van der Waals surface area contributed by atoms with Crippen LogP contribution in [-0.2, 0) is 14.8 Å². The van der Waals surface area contributed by atoms with Gasteiger partial charge in [0.1, 0.15) is 5.75 Å². The van der Waals surface area contributed by atoms with E-state index < -0.39 is 16.0 Å². The Bertz CT molecular complexity index is 982. The highest BCUT2D eigenvalue weighted by Gasteiger charge is 2.32. The van der Waals surface area contributed by atoms with Gasteiger partial charge in [-0.3, -0.25) is 0 Å². The zero-order chi connectivity index (χ0) is 20.5. The van der Waals surface area contributed by atoms with Crippen molar-refractivity contribution in [3.8, 4) is 5.75 Å². The molecule has 0 spiro atoms. The third-order valence-electron chi connectivity index (χ3n) is 4.38. The number of sulfonamides is 1. The molecule has 2 aromatic rings. The normalized spacial score (nSPS) is 20.7. The molecule has 28 heavy (non-hydrogen) atoms. The molecule has 0 radical (unpaired) electrons. The van der Waals surface area contributed by atoms with Crippen LogP contribution in [0.1, 0.15) is 29.8 Å². The van der Waals surface area contributed by atoms with Gasteiger partial charge in [0, 0.05) is 13.1 Å². The van der Waals surface area contributed by atoms with Crippen molar-refractivity contribution in [3.63, 3.8) is 0 Å². The van der Waals surface area contributed by atoms with Crippen molar-refractivity contribution in [3.05, 3.63) is 58.6 Å². The van der Waals surface area contributed by atoms with Crippen molar-refractivity contribution in [1.82, 2.24) is 4.31 Å². The molecule has 2 aromatic carbocycles. The molecular formula is C20H22ClNO5S. The Labute approximate surface area is 170 Å². The first-order chi connectivity index (χ1) is 13.2. The summed E-state index contributed by atoms with van der Waals surface area (Å²) >= 11 is 6.07. The predicted molar refractivity (Wildman–Crippen MR) is 106 cm³/mol. The summed E-state index contributed by atoms with van der Waals surface area (Å²) in [5.74, 6) is -0.441. The van der Waals surface area contributed by atoms with E-state index in [0.717, 1.165) is 5.56 Å². The second kappa shape index (κ2) is 8.21. The number of carbonyl (C=O) groups excluding carboxylic acids is 1. The number of aryl methyl sites for hydroxylation is 1. The first-order valence-electron chi connectivity index (χ1n) is 8.91. The second-order valence-electron chi connectivity index (χ2n) is 6.93. The molecule has 3 rings (SSSR count). The summed E-state index contributed by atoms with van der Waals surface area (Å²) in [4.78, 5) is 12.6. The minimum atomic E-state index is -3.75. The molecular weight excluding hydrogens is 402 g/mol. The van der Waals surface area contributed by atoms with Crippen molar-refractivity contribution in [2.75, 3.05) is 13.1 Å². The van der Waals surface area contributed by atoms with Gasteiger partial charge < -0.3 is 9.47 Å². The number of carbonyl (C=O) groups is 1. The monoisotopic (exact) mass is 423 g/mol. The van der Waals surface area contributed by atoms with Gasteiger partial charge in [-0.05, 0) is 56.7 Å². The topological polar surface area (TPSA) is 72.9 Å². The fourth-order valence-electron chi connectivity index (χ4n) is 3.11. The van der Waals surface area contributed by atoms with E-state index in [1.54, 1.807) is 18.2 Å². The van der Waals surface area contributed by atoms with Crippen LogP contribution in [-0.4, -0.2) is 44.0 Å². The van der Waals surface area contributed by atoms with Crippen LogP contribution in [0.2, 0.25) is 5.02 Å². The first-order valence-corrected chi connectivity index (χ1v) is 10.7. The van der Waals surface area contributed by atoms with E-state index in [1.165, 1.54) is 28.6 Å². The number of benzene rings is 2. The number of halogens is 1. The molecule has 1 aliphatic rings. The van der Waals surface area contributed by atoms with E-state index in [0.29, 0.717) is 5.02 Å². The van der Waals surface area contributed by atoms with Crippen LogP contribution in [0, 0.1) is 6.92 Å². The summed E-state index contributed by atoms with van der Waals surface area (Å²) in [6.45, 7) is 6.04. The van der Waals surface area contributed by atoms with Crippen LogP contribution in [0.3, 0.4) is 0 Å². The molecule has 1 saturated heterocycles. The SMILES string of the molecule is Cc1ccc(Cl)c(OC(=O)c2cccc(S(=O)(=O)N3CC(C)OC(C)C3)c2)c1. The maximum atomic E-state index is 13.0. The van der Waals surface area contributed by atoms with E-state index in [9.17, 15) is 13.2 Å². The van der Waals surface area contributed by atoms with Crippen LogP contribution >= 0.6 is 11.6 Å². The highest BCUT2D eigenvalue weighted by atomic mass is 35.5. The Kier molecular flexibility index (Phi) is 6.09. The molecule has 0 amide bonds. The zero-order valence-electron chi connectivity index (χ0n) is 15.9. The largest absolute Gasteiger partial charge is 0.421 e. The minimum absolute atomic E-state index is 0.0404. The van der Waals surface area contributed by atoms with E-state index >= 15 is 0 Å². The van der Waals surface area contributed by atoms with E-state index in [4.69, 9.17) is 21.1 Å². The number of nitrogens with zero attached hydrogens (tertiary/aromatic N) is 1. The third kappa shape index (κ3) is 4.55. The molecule has 1 aliphatic heterocycles. The number of hydrogen-bond acceptors (Lipinski definition) is 5. The lowest BCUT2D eigenvalue weighted by Gasteiger charge is -2.34. The lowest BCUT2D eigenvalue weighted by Crippen LogP contribution is -2.48. The fourth-order valence-corrected chi connectivity index (χ4v) is 4.90. The van der Waals surface area contributed by atoms with Gasteiger partial charge in [0.25, 0.3) is 0 Å². The molecule has 0 aliphatic carbocycles. The molecule has 1 heterocycles. The highest BCUT2D eigenvalue weighted by molar-refractivity contribution is 7.89. The number of rotatable bonds is 4. The van der Waals surface area contributed by atoms with Gasteiger partial charge in [-0.1, -0.05) is 23.7 Å². The fraction of sp³-hybridized carbons (Fsp3) is 0.350. The van der Waals surface area contributed by atoms with Gasteiger partial charge in [0.2, 0.25) is 10.0 Å². The molecule has 1 fully saturated rings. The average molecular weight is 424 g/mol. The quantitative estimate of drug-likeness (QED) is 0.554. The number of ether oxygens (including phenoxy) is 2. The zero-order valence-corrected chi connectivity index (χ0v) is 17.5. The van der Waals surface area contributed by atoms with Crippen LogP contribution in [0.4, 0.5) is 0 Å². The summed E-state index contributed by atoms with van der Waals surface area (Å²) in [7, 11) is -3.75. The van der Waals surface area contributed by atoms with Gasteiger partial charge in [0.15, 0.2) is 0 Å². The maximum absolute atomic E-state index is 13.0. The molecule has 6 nitrogen and oxygen atoms in total. The molecule has 8 heteroatoms. The summed E-state index contributed by atoms with van der Waals surface area (Å²) in [6, 6.07) is 10.9. The number of morpholine rings is 1. The van der Waals surface area contributed by atoms with Crippen molar-refractivity contribution >= 4 is 27.6 Å². The van der Waals surface area contributed by atoms with E-state index in [-0.39, 0.29) is 41.5 Å². The van der Waals surface area contributed by atoms with Gasteiger partial charge in [-0.15, -0.1) is 0 Å². The van der Waals surface area contributed by atoms with Gasteiger partial charge >= 0.3 is 5.97 Å². The van der Waals surface area contributed by atoms with Gasteiger partial charge in [0.05, 0.1) is 27.7 Å². The Morgan fingerprint density at radius 1 is 1.14 bits per heavy atom. The van der Waals surface area contributed by atoms with E-state index in [1.807, 2.05) is 20.8 Å². The summed E-state index contributed by atoms with van der Waals surface area (Å²) in [5, 5.41) is 0.305. The lowest BCUT2D eigenvalue weighted by molar-refractivity contribution is -0.0440. The number of hydrogen-bond donors (Lipinski definition) is 0. The minimum Gasteiger partial charge on any atom is -0.421 e. The Morgan fingerprint density at radius 3 is 2.50 bits per heavy atom. The molecule has 2 atom stereocenters. The Morgan fingerprint density at radius 2 is 1.82 bits per heavy atom. The van der Waals surface area contributed by atoms with Crippen molar-refractivity contribution in [2.45, 2.75) is 37.9 Å². The third-order valence-corrected chi connectivity index (χ3v) is 6.52. The molecule has 0 aromatic heterocycles. The molecule has 0 bridgehead atoms. The summed E-state index contributed by atoms with van der Waals surface area (Å²) in [6.07, 6.45) is -0.398. The smallest absolute Gasteiger partial charge is 0.343 e. The Balaban J connectivity index is 1.85. The van der Waals surface area contributed by atoms with Crippen LogP contribution in [0.15, 0.2) is 47.4 Å². The summed E-state index contributed by atoms with van der Waals surface area (Å²) in [5.41, 5.74) is 1.02. The maximum Gasteiger partial charge on any atom is 0.343 e. The van der Waals surface area contributed by atoms with Crippen molar-refractivity contribution in [2.24, 2.45) is 0 Å². The van der Waals surface area contributed by atoms with E-state index in [2.05, 4.69) is 0 Å². The van der Waals surface area contributed by atoms with Gasteiger partial charge in [-0.25, -0.2) is 13.2 Å². The number of esters is 1. The van der Waals surface area contributed by atoms with Crippen LogP contribution < -0.4 is 4.74 Å². The average Bonchev–Trinajstić information content (AvgIpc) is 2.64. The second-order valence-corrected chi connectivity index (χ2v) is 9.28. The summed E-state index contributed by atoms with van der Waals surface area (Å²) < 4.78 is 38.4. The molecule has 0 N–H and O–H groups in total. The molecule has 2 unspecified atom stereocenters. The predicted octanol–water partition coefficient (Wildman–Crippen LogP) is 3.67. The van der Waals surface area contributed by atoms with Crippen molar-refractivity contribution in [1.29, 1.82) is 0 Å². The van der Waals surface area contributed by atoms with Crippen LogP contribution in [0.5, 0.6) is 5.75 Å². The van der Waals surface area contributed by atoms with Crippen molar-refractivity contribution < 1.29 is 22.7 Å². The standard InChI is InChI=1S/C20H22ClNO5S/c1-13-7-8-18(21)19(9-13)27-20(23)16-5-4-6-17(10-16)28(24,25)22-11-14(2)26-15(3)12-22/h4-10,14-15H,11-12H2,1-3H3. The first kappa shape index (κ1) is 20.8. The molecule has 150 valence electrons.